The van der Waals surface area contributed by atoms with Gasteiger partial charge in [-0.15, -0.1) is 0 Å². The molecule has 1 aromatic rings. The fourth-order valence-corrected chi connectivity index (χ4v) is 2.11. The number of unbranched alkanes of at least 4 members (excludes halogenated alkanes) is 1. The lowest BCUT2D eigenvalue weighted by atomic mass is 9.99. The van der Waals surface area contributed by atoms with Gasteiger partial charge in [0, 0.05) is 24.0 Å². The minimum atomic E-state index is -0.461. The number of allylic oxidation sites excluding steroid dienone is 7. The van der Waals surface area contributed by atoms with Crippen LogP contribution in [0.3, 0.4) is 0 Å². The van der Waals surface area contributed by atoms with Crippen molar-refractivity contribution in [2.45, 2.75) is 26.7 Å². The third-order valence-corrected chi connectivity index (χ3v) is 3.46. The van der Waals surface area contributed by atoms with Crippen LogP contribution in [-0.2, 0) is 0 Å². The van der Waals surface area contributed by atoms with Crippen LogP contribution in [0.25, 0.3) is 5.57 Å². The lowest BCUT2D eigenvalue weighted by Crippen LogP contribution is -2.16. The summed E-state index contributed by atoms with van der Waals surface area (Å²) in [5.74, 6) is -0.461. The molecule has 0 aliphatic rings. The van der Waals surface area contributed by atoms with Crippen LogP contribution in [0.2, 0.25) is 0 Å². The van der Waals surface area contributed by atoms with Crippen LogP contribution in [0, 0.1) is 0 Å². The minimum Gasteiger partial charge on any atom is -0.349 e. The molecule has 1 aromatic carbocycles. The van der Waals surface area contributed by atoms with Gasteiger partial charge in [0.2, 0.25) is 0 Å². The highest BCUT2D eigenvalue weighted by molar-refractivity contribution is 5.79. The minimum absolute atomic E-state index is 0.461. The summed E-state index contributed by atoms with van der Waals surface area (Å²) in [6.07, 6.45) is 9.20. The first-order valence-corrected chi connectivity index (χ1v) is 7.85. The molecule has 0 saturated carbocycles. The van der Waals surface area contributed by atoms with Crippen molar-refractivity contribution in [3.63, 3.8) is 0 Å². The Kier molecular flexibility index (Phi) is 7.82. The smallest absolute Gasteiger partial charge is 0.116 e. The topological polar surface area (TPSA) is 3.24 Å². The number of hydrogen-bond acceptors (Lipinski definition) is 1. The highest BCUT2D eigenvalue weighted by Gasteiger charge is 2.12. The predicted molar refractivity (Wildman–Crippen MR) is 99.4 cm³/mol. The van der Waals surface area contributed by atoms with Crippen molar-refractivity contribution in [2.24, 2.45) is 0 Å². The number of nitrogens with zero attached hydrogens (tertiary/aromatic N) is 1. The van der Waals surface area contributed by atoms with Crippen molar-refractivity contribution >= 4 is 5.57 Å². The first-order chi connectivity index (χ1) is 11.0. The van der Waals surface area contributed by atoms with Crippen molar-refractivity contribution in [1.82, 2.24) is 4.90 Å². The first kappa shape index (κ1) is 18.7. The summed E-state index contributed by atoms with van der Waals surface area (Å²) in [5, 5.41) is 0. The van der Waals surface area contributed by atoms with E-state index in [2.05, 4.69) is 38.3 Å². The zero-order chi connectivity index (χ0) is 17.2. The van der Waals surface area contributed by atoms with Gasteiger partial charge in [-0.1, -0.05) is 69.0 Å². The van der Waals surface area contributed by atoms with Crippen molar-refractivity contribution in [2.75, 3.05) is 7.05 Å². The van der Waals surface area contributed by atoms with E-state index in [0.717, 1.165) is 35.4 Å². The monoisotopic (exact) mass is 311 g/mol. The maximum Gasteiger partial charge on any atom is 0.116 e. The molecule has 0 aliphatic heterocycles. The first-order valence-electron chi connectivity index (χ1n) is 7.85. The number of hydrogen-bond donors (Lipinski definition) is 0. The van der Waals surface area contributed by atoms with Crippen molar-refractivity contribution in [3.8, 4) is 0 Å². The van der Waals surface area contributed by atoms with E-state index in [-0.39, 0.29) is 0 Å². The highest BCUT2D eigenvalue weighted by Crippen LogP contribution is 2.28. The third-order valence-electron chi connectivity index (χ3n) is 3.46. The van der Waals surface area contributed by atoms with Crippen LogP contribution in [0.1, 0.15) is 32.3 Å². The van der Waals surface area contributed by atoms with E-state index in [0.29, 0.717) is 0 Å². The standard InChI is InChI=1S/C21H26FN/c1-6-7-15-20(19-13-9-8-10-14-19)21(23(5)17(2)3)16-11-12-18(4)22/h8-16H,2,4,6-7H2,1,3,5H3/b12-11-,20-15-,21-16-. The Balaban J connectivity index is 3.37. The average molecular weight is 311 g/mol. The van der Waals surface area contributed by atoms with Gasteiger partial charge in [0.1, 0.15) is 5.83 Å². The summed E-state index contributed by atoms with van der Waals surface area (Å²) in [7, 11) is 1.97. The third kappa shape index (κ3) is 6.11. The fourth-order valence-electron chi connectivity index (χ4n) is 2.11. The van der Waals surface area contributed by atoms with E-state index in [9.17, 15) is 4.39 Å². The summed E-state index contributed by atoms with van der Waals surface area (Å²) in [5.41, 5.74) is 4.15. The molecule has 1 nitrogen and oxygen atoms in total. The van der Waals surface area contributed by atoms with Gasteiger partial charge < -0.3 is 4.90 Å². The Hall–Kier alpha value is -2.35. The molecule has 0 bridgehead atoms. The molecular formula is C21H26FN. The van der Waals surface area contributed by atoms with E-state index in [1.807, 2.05) is 43.1 Å². The number of benzene rings is 1. The van der Waals surface area contributed by atoms with Crippen molar-refractivity contribution in [3.05, 3.63) is 90.6 Å². The molecule has 0 aliphatic carbocycles. The van der Waals surface area contributed by atoms with Crippen LogP contribution >= 0.6 is 0 Å². The maximum absolute atomic E-state index is 12.9. The normalized spacial score (nSPS) is 12.5. The molecule has 0 spiro atoms. The zero-order valence-electron chi connectivity index (χ0n) is 14.3. The van der Waals surface area contributed by atoms with E-state index >= 15 is 0 Å². The molecule has 0 aromatic heterocycles. The SMILES string of the molecule is C=C(F)\C=C/C=C(/C(=C\CCC)c1ccccc1)N(C)C(=C)C. The van der Waals surface area contributed by atoms with Gasteiger partial charge in [-0.2, -0.15) is 0 Å². The average Bonchev–Trinajstić information content (AvgIpc) is 2.53. The Bertz CT molecular complexity index is 621. The molecule has 0 fully saturated rings. The summed E-state index contributed by atoms with van der Waals surface area (Å²) in [4.78, 5) is 2.01. The Morgan fingerprint density at radius 3 is 2.39 bits per heavy atom. The second kappa shape index (κ2) is 9.62. The molecule has 0 unspecified atom stereocenters. The number of halogens is 1. The lowest BCUT2D eigenvalue weighted by molar-refractivity contribution is 0.544. The predicted octanol–water partition coefficient (Wildman–Crippen LogP) is 6.26. The highest BCUT2D eigenvalue weighted by atomic mass is 19.1. The van der Waals surface area contributed by atoms with Gasteiger partial charge in [-0.05, 0) is 31.1 Å². The zero-order valence-corrected chi connectivity index (χ0v) is 14.3. The van der Waals surface area contributed by atoms with Gasteiger partial charge >= 0.3 is 0 Å². The Morgan fingerprint density at radius 2 is 1.87 bits per heavy atom. The number of rotatable bonds is 8. The molecule has 0 radical (unpaired) electrons. The quantitative estimate of drug-likeness (QED) is 0.512. The molecular weight excluding hydrogens is 285 g/mol. The van der Waals surface area contributed by atoms with E-state index in [1.165, 1.54) is 6.08 Å². The van der Waals surface area contributed by atoms with Gasteiger partial charge in [-0.25, -0.2) is 4.39 Å². The van der Waals surface area contributed by atoms with Crippen LogP contribution < -0.4 is 0 Å². The molecule has 1 rings (SSSR count). The van der Waals surface area contributed by atoms with E-state index in [1.54, 1.807) is 6.08 Å². The molecule has 122 valence electrons. The fraction of sp³-hybridized carbons (Fsp3) is 0.238. The van der Waals surface area contributed by atoms with Gasteiger partial charge in [0.25, 0.3) is 0 Å². The largest absolute Gasteiger partial charge is 0.349 e. The molecule has 0 N–H and O–H groups in total. The second-order valence-electron chi connectivity index (χ2n) is 5.42. The Morgan fingerprint density at radius 1 is 1.22 bits per heavy atom. The molecule has 0 amide bonds. The van der Waals surface area contributed by atoms with Gasteiger partial charge in [0.05, 0.1) is 0 Å². The van der Waals surface area contributed by atoms with Gasteiger partial charge in [-0.3, -0.25) is 0 Å². The van der Waals surface area contributed by atoms with Crippen LogP contribution in [0.4, 0.5) is 4.39 Å². The molecule has 2 heteroatoms. The molecule has 0 heterocycles. The van der Waals surface area contributed by atoms with Crippen molar-refractivity contribution in [1.29, 1.82) is 0 Å². The Labute approximate surface area is 139 Å². The van der Waals surface area contributed by atoms with Gasteiger partial charge in [0.15, 0.2) is 0 Å². The summed E-state index contributed by atoms with van der Waals surface area (Å²) in [6, 6.07) is 10.2. The second-order valence-corrected chi connectivity index (χ2v) is 5.42. The van der Waals surface area contributed by atoms with Crippen LogP contribution in [-0.4, -0.2) is 11.9 Å². The maximum atomic E-state index is 12.9. The van der Waals surface area contributed by atoms with Crippen LogP contribution in [0.15, 0.2) is 85.0 Å². The van der Waals surface area contributed by atoms with Crippen molar-refractivity contribution < 1.29 is 4.39 Å². The summed E-state index contributed by atoms with van der Waals surface area (Å²) < 4.78 is 12.9. The molecule has 23 heavy (non-hydrogen) atoms. The summed E-state index contributed by atoms with van der Waals surface area (Å²) >= 11 is 0. The van der Waals surface area contributed by atoms with E-state index in [4.69, 9.17) is 0 Å². The summed E-state index contributed by atoms with van der Waals surface area (Å²) in [6.45, 7) is 11.4. The molecule has 0 saturated heterocycles. The number of likely N-dealkylation sites (N-methyl/N-ethyl adjacent to an activating group) is 1. The van der Waals surface area contributed by atoms with Crippen LogP contribution in [0.5, 0.6) is 0 Å². The van der Waals surface area contributed by atoms with E-state index < -0.39 is 5.83 Å². The lowest BCUT2D eigenvalue weighted by Gasteiger charge is -2.25. The molecule has 0 atom stereocenters.